The average Bonchev–Trinajstić information content (AvgIpc) is 3.64. The Kier molecular flexibility index (Phi) is 10.6. The van der Waals surface area contributed by atoms with Gasteiger partial charge in [0.25, 0.3) is 0 Å². The lowest BCUT2D eigenvalue weighted by molar-refractivity contribution is -0.121. The maximum absolute atomic E-state index is 13.5. The lowest BCUT2D eigenvalue weighted by Gasteiger charge is -2.17. The van der Waals surface area contributed by atoms with E-state index in [0.717, 1.165) is 75.4 Å². The normalized spacial score (nSPS) is 12.0. The first-order valence-electron chi connectivity index (χ1n) is 15.2. The summed E-state index contributed by atoms with van der Waals surface area (Å²) < 4.78 is 5.43. The van der Waals surface area contributed by atoms with Gasteiger partial charge < -0.3 is 25.3 Å². The van der Waals surface area contributed by atoms with Gasteiger partial charge in [0, 0.05) is 40.9 Å². The number of unbranched alkanes of at least 4 members (excludes halogenated alkanes) is 2. The number of H-pyrrole nitrogens is 2. The van der Waals surface area contributed by atoms with Gasteiger partial charge in [-0.2, -0.15) is 11.8 Å². The van der Waals surface area contributed by atoms with Crippen molar-refractivity contribution in [2.45, 2.75) is 51.5 Å². The van der Waals surface area contributed by atoms with Gasteiger partial charge in [0.05, 0.1) is 31.5 Å². The molecule has 5 aromatic rings. The zero-order chi connectivity index (χ0) is 30.9. The Labute approximate surface area is 262 Å². The molecule has 1 atom stereocenters. The van der Waals surface area contributed by atoms with Gasteiger partial charge in [0.1, 0.15) is 11.6 Å². The molecule has 9 heteroatoms. The van der Waals surface area contributed by atoms with Gasteiger partial charge in [-0.15, -0.1) is 0 Å². The van der Waals surface area contributed by atoms with Crippen LogP contribution in [0.2, 0.25) is 0 Å². The van der Waals surface area contributed by atoms with Crippen molar-refractivity contribution in [1.82, 2.24) is 25.6 Å². The van der Waals surface area contributed by atoms with Gasteiger partial charge in [-0.3, -0.25) is 9.59 Å². The Morgan fingerprint density at radius 1 is 0.977 bits per heavy atom. The number of nitrogens with zero attached hydrogens (tertiary/aromatic N) is 1. The lowest BCUT2D eigenvalue weighted by Crippen LogP contribution is -2.30. The van der Waals surface area contributed by atoms with E-state index in [1.54, 1.807) is 18.9 Å². The van der Waals surface area contributed by atoms with Crippen LogP contribution >= 0.6 is 11.8 Å². The van der Waals surface area contributed by atoms with E-state index >= 15 is 0 Å². The Morgan fingerprint density at radius 3 is 2.64 bits per heavy atom. The van der Waals surface area contributed by atoms with E-state index in [9.17, 15) is 9.59 Å². The molecule has 230 valence electrons. The Balaban J connectivity index is 1.29. The van der Waals surface area contributed by atoms with Gasteiger partial charge in [-0.25, -0.2) is 4.98 Å². The third-order valence-electron chi connectivity index (χ3n) is 8.01. The predicted octanol–water partition coefficient (Wildman–Crippen LogP) is 6.86. The summed E-state index contributed by atoms with van der Waals surface area (Å²) in [6.45, 7) is 2.70. The molecule has 8 nitrogen and oxygen atoms in total. The minimum absolute atomic E-state index is 0.0707. The fourth-order valence-electron chi connectivity index (χ4n) is 5.61. The number of carbonyl (C=O) groups excluding carboxylic acids is 2. The van der Waals surface area contributed by atoms with E-state index < -0.39 is 0 Å². The molecule has 0 aliphatic rings. The van der Waals surface area contributed by atoms with Crippen LogP contribution in [0.15, 0.2) is 66.9 Å². The highest BCUT2D eigenvalue weighted by molar-refractivity contribution is 7.98. The first-order chi connectivity index (χ1) is 21.4. The van der Waals surface area contributed by atoms with Crippen molar-refractivity contribution in [2.75, 3.05) is 25.7 Å². The van der Waals surface area contributed by atoms with Crippen LogP contribution in [0.25, 0.3) is 32.9 Å². The standard InChI is InChI=1S/C35H41N5O3S/c1-23-28(29-20-27(43-2)15-16-30(29)38-23)21-34(42)39-31(11-5-4-6-12-33(41)36-17-18-44-3)35-37-22-32(40-35)26-14-13-24-9-7-8-10-25(24)19-26/h7-10,13-16,19-20,22,31,38H,4-6,11-12,17-18,21H2,1-3H3,(H,36,41)(H,37,40)(H,39,42)/t31-/m0/s1. The minimum Gasteiger partial charge on any atom is -0.497 e. The Bertz CT molecular complexity index is 1730. The quantitative estimate of drug-likeness (QED) is 0.0967. The number of aryl methyl sites for hydroxylation is 1. The number of carbonyl (C=O) groups is 2. The number of hydrogen-bond donors (Lipinski definition) is 4. The predicted molar refractivity (Wildman–Crippen MR) is 180 cm³/mol. The molecular formula is C35H41N5O3S. The molecule has 0 saturated heterocycles. The number of ether oxygens (including phenoxy) is 1. The fraction of sp³-hybridized carbons (Fsp3) is 0.343. The van der Waals surface area contributed by atoms with Crippen molar-refractivity contribution in [3.05, 3.63) is 83.9 Å². The summed E-state index contributed by atoms with van der Waals surface area (Å²) >= 11 is 1.72. The topological polar surface area (TPSA) is 112 Å². The van der Waals surface area contributed by atoms with E-state index in [4.69, 9.17) is 9.72 Å². The number of hydrogen-bond acceptors (Lipinski definition) is 5. The highest BCUT2D eigenvalue weighted by Gasteiger charge is 2.21. The number of nitrogens with one attached hydrogen (secondary N) is 4. The Hall–Kier alpha value is -4.24. The number of aromatic amines is 2. The van der Waals surface area contributed by atoms with Crippen LogP contribution in [0.3, 0.4) is 0 Å². The summed E-state index contributed by atoms with van der Waals surface area (Å²) in [7, 11) is 1.64. The minimum atomic E-state index is -0.285. The summed E-state index contributed by atoms with van der Waals surface area (Å²) in [6.07, 6.45) is 7.90. The number of methoxy groups -OCH3 is 1. The third kappa shape index (κ3) is 7.82. The maximum atomic E-state index is 13.5. The number of fused-ring (bicyclic) bond motifs is 2. The molecule has 3 aromatic carbocycles. The summed E-state index contributed by atoms with van der Waals surface area (Å²) in [5, 5.41) is 9.56. The van der Waals surface area contributed by atoms with Crippen LogP contribution in [0.4, 0.5) is 0 Å². The molecule has 5 rings (SSSR count). The van der Waals surface area contributed by atoms with Gasteiger partial charge in [-0.05, 0) is 66.6 Å². The highest BCUT2D eigenvalue weighted by Crippen LogP contribution is 2.28. The van der Waals surface area contributed by atoms with Crippen molar-refractivity contribution < 1.29 is 14.3 Å². The average molecular weight is 612 g/mol. The maximum Gasteiger partial charge on any atom is 0.225 e. The van der Waals surface area contributed by atoms with Crippen molar-refractivity contribution >= 4 is 45.3 Å². The highest BCUT2D eigenvalue weighted by atomic mass is 32.2. The molecule has 0 aliphatic carbocycles. The molecule has 4 N–H and O–H groups in total. The monoisotopic (exact) mass is 611 g/mol. The molecule has 0 spiro atoms. The largest absolute Gasteiger partial charge is 0.497 e. The zero-order valence-corrected chi connectivity index (χ0v) is 26.5. The van der Waals surface area contributed by atoms with Crippen LogP contribution in [0.5, 0.6) is 5.75 Å². The molecule has 2 amide bonds. The van der Waals surface area contributed by atoms with Crippen molar-refractivity contribution in [3.8, 4) is 17.0 Å². The molecular weight excluding hydrogens is 570 g/mol. The van der Waals surface area contributed by atoms with E-state index in [0.29, 0.717) is 19.4 Å². The molecule has 2 aromatic heterocycles. The van der Waals surface area contributed by atoms with E-state index in [-0.39, 0.29) is 24.3 Å². The van der Waals surface area contributed by atoms with Crippen molar-refractivity contribution in [2.24, 2.45) is 0 Å². The Morgan fingerprint density at radius 2 is 1.82 bits per heavy atom. The van der Waals surface area contributed by atoms with Crippen molar-refractivity contribution in [1.29, 1.82) is 0 Å². The molecule has 0 saturated carbocycles. The van der Waals surface area contributed by atoms with Crippen LogP contribution in [-0.4, -0.2) is 52.4 Å². The summed E-state index contributed by atoms with van der Waals surface area (Å²) in [4.78, 5) is 37.2. The van der Waals surface area contributed by atoms with E-state index in [1.165, 1.54) is 5.39 Å². The van der Waals surface area contributed by atoms with Crippen LogP contribution < -0.4 is 15.4 Å². The van der Waals surface area contributed by atoms with E-state index in [2.05, 4.69) is 50.9 Å². The lowest BCUT2D eigenvalue weighted by atomic mass is 10.0. The summed E-state index contributed by atoms with van der Waals surface area (Å²) in [6, 6.07) is 20.2. The zero-order valence-electron chi connectivity index (χ0n) is 25.7. The first kappa shape index (κ1) is 31.2. The number of thioether (sulfide) groups is 1. The second kappa shape index (κ2) is 15.0. The molecule has 0 bridgehead atoms. The SMILES string of the molecule is COc1ccc2[nH]c(C)c(CC(=O)N[C@@H](CCCCCC(=O)NCCSC)c3ncc(-c4ccc5ccccc5c4)[nH]3)c2c1. The number of amides is 2. The molecule has 0 fully saturated rings. The number of imidazole rings is 1. The number of aromatic nitrogens is 3. The summed E-state index contributed by atoms with van der Waals surface area (Å²) in [5.41, 5.74) is 4.85. The van der Waals surface area contributed by atoms with Gasteiger partial charge in [0.15, 0.2) is 0 Å². The van der Waals surface area contributed by atoms with Gasteiger partial charge in [-0.1, -0.05) is 49.2 Å². The number of benzene rings is 3. The van der Waals surface area contributed by atoms with Crippen LogP contribution in [0, 0.1) is 6.92 Å². The second-order valence-corrected chi connectivity index (χ2v) is 12.1. The molecule has 0 radical (unpaired) electrons. The molecule has 0 unspecified atom stereocenters. The van der Waals surface area contributed by atoms with Crippen LogP contribution in [0.1, 0.15) is 55.2 Å². The number of rotatable bonds is 15. The molecule has 2 heterocycles. The van der Waals surface area contributed by atoms with Gasteiger partial charge in [0.2, 0.25) is 11.8 Å². The summed E-state index contributed by atoms with van der Waals surface area (Å²) in [5.74, 6) is 2.43. The molecule has 44 heavy (non-hydrogen) atoms. The smallest absolute Gasteiger partial charge is 0.225 e. The fourth-order valence-corrected chi connectivity index (χ4v) is 5.91. The molecule has 0 aliphatic heterocycles. The third-order valence-corrected chi connectivity index (χ3v) is 8.62. The van der Waals surface area contributed by atoms with E-state index in [1.807, 2.05) is 49.7 Å². The second-order valence-electron chi connectivity index (χ2n) is 11.1. The van der Waals surface area contributed by atoms with Crippen LogP contribution in [-0.2, 0) is 16.0 Å². The first-order valence-corrected chi connectivity index (χ1v) is 16.6. The van der Waals surface area contributed by atoms with Gasteiger partial charge >= 0.3 is 0 Å². The van der Waals surface area contributed by atoms with Crippen molar-refractivity contribution in [3.63, 3.8) is 0 Å².